The van der Waals surface area contributed by atoms with Crippen LogP contribution in [0, 0.1) is 5.41 Å². The number of piperidine rings is 1. The Morgan fingerprint density at radius 1 is 1.35 bits per heavy atom. The molecule has 8 nitrogen and oxygen atoms in total. The molecule has 2 fully saturated rings. The second kappa shape index (κ2) is 7.13. The molecule has 1 atom stereocenters. The van der Waals surface area contributed by atoms with Gasteiger partial charge in [-0.05, 0) is 45.1 Å². The van der Waals surface area contributed by atoms with Gasteiger partial charge in [0.05, 0.1) is 12.0 Å². The minimum Gasteiger partial charge on any atom is -0.461 e. The van der Waals surface area contributed by atoms with Gasteiger partial charge < -0.3 is 14.6 Å². The Kier molecular flexibility index (Phi) is 4.69. The van der Waals surface area contributed by atoms with Crippen LogP contribution in [-0.2, 0) is 16.1 Å². The molecule has 0 bridgehead atoms. The summed E-state index contributed by atoms with van der Waals surface area (Å²) in [6, 6.07) is 5.57. The summed E-state index contributed by atoms with van der Waals surface area (Å²) < 4.78 is 11.0. The topological polar surface area (TPSA) is 93.4 Å². The van der Waals surface area contributed by atoms with Gasteiger partial charge in [0.15, 0.2) is 0 Å². The highest BCUT2D eigenvalue weighted by Gasteiger charge is 2.49. The molecule has 2 aliphatic rings. The van der Waals surface area contributed by atoms with Crippen molar-refractivity contribution in [2.24, 2.45) is 5.41 Å². The molecule has 2 saturated heterocycles. The third-order valence-electron chi connectivity index (χ3n) is 5.17. The number of ether oxygens (including phenoxy) is 1. The average molecular weight is 357 g/mol. The van der Waals surface area contributed by atoms with Crippen LogP contribution in [0.2, 0.25) is 0 Å². The van der Waals surface area contributed by atoms with Crippen molar-refractivity contribution < 1.29 is 14.1 Å². The summed E-state index contributed by atoms with van der Waals surface area (Å²) in [5.41, 5.74) is 0.399. The lowest BCUT2D eigenvalue weighted by Crippen LogP contribution is -2.39. The summed E-state index contributed by atoms with van der Waals surface area (Å²) in [5, 5.41) is 7.29. The smallest absolute Gasteiger partial charge is 0.312 e. The van der Waals surface area contributed by atoms with E-state index in [9.17, 15) is 4.79 Å². The Morgan fingerprint density at radius 3 is 2.96 bits per heavy atom. The number of nitrogens with zero attached hydrogens (tertiary/aromatic N) is 4. The number of aromatic nitrogens is 3. The lowest BCUT2D eigenvalue weighted by Gasteiger charge is -2.29. The first-order valence-corrected chi connectivity index (χ1v) is 8.99. The maximum atomic E-state index is 12.3. The maximum Gasteiger partial charge on any atom is 0.312 e. The second-order valence-corrected chi connectivity index (χ2v) is 7.19. The van der Waals surface area contributed by atoms with E-state index < -0.39 is 0 Å². The Balaban J connectivity index is 1.34. The number of carbonyl (C=O) groups is 1. The van der Waals surface area contributed by atoms with E-state index in [1.54, 1.807) is 6.20 Å². The molecule has 0 aliphatic carbocycles. The molecule has 0 aromatic carbocycles. The molecule has 8 heteroatoms. The average Bonchev–Trinajstić information content (AvgIpc) is 3.22. The van der Waals surface area contributed by atoms with Gasteiger partial charge in [0, 0.05) is 19.2 Å². The van der Waals surface area contributed by atoms with Crippen LogP contribution in [0.1, 0.15) is 25.2 Å². The van der Waals surface area contributed by atoms with E-state index in [4.69, 9.17) is 9.26 Å². The maximum absolute atomic E-state index is 12.3. The molecule has 1 unspecified atom stereocenters. The molecule has 2 aromatic heterocycles. The number of esters is 1. The van der Waals surface area contributed by atoms with Crippen LogP contribution in [0.4, 0.5) is 0 Å². The van der Waals surface area contributed by atoms with E-state index in [0.29, 0.717) is 30.5 Å². The van der Waals surface area contributed by atoms with Gasteiger partial charge in [-0.1, -0.05) is 11.2 Å². The van der Waals surface area contributed by atoms with E-state index in [1.807, 2.05) is 30.1 Å². The summed E-state index contributed by atoms with van der Waals surface area (Å²) >= 11 is 0. The molecular weight excluding hydrogens is 334 g/mol. The van der Waals surface area contributed by atoms with Crippen LogP contribution >= 0.6 is 0 Å². The van der Waals surface area contributed by atoms with Crippen molar-refractivity contribution in [1.82, 2.24) is 25.3 Å². The largest absolute Gasteiger partial charge is 0.461 e. The van der Waals surface area contributed by atoms with Gasteiger partial charge in [-0.15, -0.1) is 0 Å². The molecule has 0 radical (unpaired) electrons. The number of nitrogens with one attached hydrogen (secondary N) is 1. The number of cyclic esters (lactones) is 1. The summed E-state index contributed by atoms with van der Waals surface area (Å²) in [7, 11) is 1.96. The molecule has 4 rings (SSSR count). The molecular formula is C18H23N5O3. The summed E-state index contributed by atoms with van der Waals surface area (Å²) in [4.78, 5) is 23.0. The van der Waals surface area contributed by atoms with Crippen molar-refractivity contribution in [2.75, 3.05) is 26.7 Å². The van der Waals surface area contributed by atoms with E-state index >= 15 is 0 Å². The molecule has 0 saturated carbocycles. The Bertz CT molecular complexity index is 757. The van der Waals surface area contributed by atoms with E-state index in [2.05, 4.69) is 20.4 Å². The highest BCUT2D eigenvalue weighted by molar-refractivity contribution is 5.79. The normalized spacial score (nSPS) is 22.1. The first-order valence-electron chi connectivity index (χ1n) is 8.99. The fraction of sp³-hybridized carbons (Fsp3) is 0.556. The molecule has 2 aromatic rings. The molecule has 2 aliphatic heterocycles. The van der Waals surface area contributed by atoms with Crippen molar-refractivity contribution in [2.45, 2.75) is 31.9 Å². The number of likely N-dealkylation sites (N-methyl/N-ethyl adjacent to an activating group) is 1. The van der Waals surface area contributed by atoms with Crippen molar-refractivity contribution >= 4 is 5.97 Å². The monoisotopic (exact) mass is 357 g/mol. The third-order valence-corrected chi connectivity index (χ3v) is 5.17. The molecule has 1 spiro atoms. The third kappa shape index (κ3) is 3.47. The molecule has 4 heterocycles. The van der Waals surface area contributed by atoms with Crippen molar-refractivity contribution in [1.29, 1.82) is 0 Å². The highest BCUT2D eigenvalue weighted by Crippen LogP contribution is 2.41. The minimum absolute atomic E-state index is 0.0346. The summed E-state index contributed by atoms with van der Waals surface area (Å²) in [6.45, 7) is 2.93. The second-order valence-electron chi connectivity index (χ2n) is 7.19. The summed E-state index contributed by atoms with van der Waals surface area (Å²) in [5.74, 6) is 0.969. The van der Waals surface area contributed by atoms with Crippen molar-refractivity contribution in [3.63, 3.8) is 0 Å². The van der Waals surface area contributed by atoms with Crippen LogP contribution in [0.5, 0.6) is 0 Å². The van der Waals surface area contributed by atoms with Gasteiger partial charge in [-0.3, -0.25) is 14.7 Å². The predicted molar refractivity (Wildman–Crippen MR) is 92.9 cm³/mol. The van der Waals surface area contributed by atoms with E-state index in [0.717, 1.165) is 32.4 Å². The fourth-order valence-electron chi connectivity index (χ4n) is 3.81. The van der Waals surface area contributed by atoms with Gasteiger partial charge in [0.2, 0.25) is 11.7 Å². The van der Waals surface area contributed by atoms with Crippen LogP contribution in [-0.4, -0.2) is 58.8 Å². The Morgan fingerprint density at radius 2 is 2.19 bits per heavy atom. The van der Waals surface area contributed by atoms with E-state index in [-0.39, 0.29) is 17.5 Å². The minimum atomic E-state index is -0.284. The SMILES string of the molecule is CN(Cc1nc(-c2ccccn2)no1)CC1CC2(CCNCC2)C(=O)O1. The van der Waals surface area contributed by atoms with Gasteiger partial charge in [-0.25, -0.2) is 0 Å². The fourth-order valence-corrected chi connectivity index (χ4v) is 3.81. The number of rotatable bonds is 5. The zero-order valence-electron chi connectivity index (χ0n) is 14.9. The number of pyridine rings is 1. The summed E-state index contributed by atoms with van der Waals surface area (Å²) in [6.07, 6.45) is 4.14. The van der Waals surface area contributed by atoms with Gasteiger partial charge >= 0.3 is 5.97 Å². The Labute approximate surface area is 151 Å². The van der Waals surface area contributed by atoms with Crippen LogP contribution in [0.15, 0.2) is 28.9 Å². The lowest BCUT2D eigenvalue weighted by molar-refractivity contribution is -0.150. The number of carbonyl (C=O) groups excluding carboxylic acids is 1. The lowest BCUT2D eigenvalue weighted by atomic mass is 9.76. The standard InChI is InChI=1S/C18H23N5O3/c1-23(11-13-10-18(17(24)25-13)5-8-19-9-6-18)12-15-21-16(22-26-15)14-4-2-3-7-20-14/h2-4,7,13,19H,5-6,8-12H2,1H3. The van der Waals surface area contributed by atoms with Gasteiger partial charge in [0.25, 0.3) is 0 Å². The first-order chi connectivity index (χ1) is 12.6. The van der Waals surface area contributed by atoms with Crippen LogP contribution in [0.25, 0.3) is 11.5 Å². The zero-order chi connectivity index (χ0) is 18.0. The van der Waals surface area contributed by atoms with Gasteiger partial charge in [0.1, 0.15) is 11.8 Å². The van der Waals surface area contributed by atoms with Gasteiger partial charge in [-0.2, -0.15) is 4.98 Å². The first kappa shape index (κ1) is 17.1. The van der Waals surface area contributed by atoms with Crippen LogP contribution < -0.4 is 5.32 Å². The molecule has 0 amide bonds. The van der Waals surface area contributed by atoms with E-state index in [1.165, 1.54) is 0 Å². The quantitative estimate of drug-likeness (QED) is 0.799. The highest BCUT2D eigenvalue weighted by atomic mass is 16.6. The van der Waals surface area contributed by atoms with Crippen LogP contribution in [0.3, 0.4) is 0 Å². The van der Waals surface area contributed by atoms with Crippen molar-refractivity contribution in [3.8, 4) is 11.5 Å². The Hall–Kier alpha value is -2.32. The molecule has 26 heavy (non-hydrogen) atoms. The zero-order valence-corrected chi connectivity index (χ0v) is 14.9. The molecule has 138 valence electrons. The number of hydrogen-bond donors (Lipinski definition) is 1. The predicted octanol–water partition coefficient (Wildman–Crippen LogP) is 1.25. The molecule has 1 N–H and O–H groups in total. The number of hydrogen-bond acceptors (Lipinski definition) is 8. The van der Waals surface area contributed by atoms with Crippen molar-refractivity contribution in [3.05, 3.63) is 30.3 Å².